The van der Waals surface area contributed by atoms with Crippen LogP contribution >= 0.6 is 0 Å². The summed E-state index contributed by atoms with van der Waals surface area (Å²) >= 11 is 0. The molecular weight excluding hydrogens is 340 g/mol. The smallest absolute Gasteiger partial charge is 0.237 e. The fourth-order valence-electron chi connectivity index (χ4n) is 5.04. The molecule has 0 aromatic heterocycles. The van der Waals surface area contributed by atoms with Crippen LogP contribution in [0, 0.1) is 0 Å². The molecule has 6 heteroatoms. The van der Waals surface area contributed by atoms with Crippen LogP contribution in [0.3, 0.4) is 0 Å². The molecule has 3 aliphatic rings. The van der Waals surface area contributed by atoms with Crippen molar-refractivity contribution in [3.8, 4) is 0 Å². The third kappa shape index (κ3) is 5.23. The summed E-state index contributed by atoms with van der Waals surface area (Å²) in [5.74, 6) is 0.559. The second-order valence-electron chi connectivity index (χ2n) is 8.91. The van der Waals surface area contributed by atoms with Crippen molar-refractivity contribution in [2.24, 2.45) is 0 Å². The molecule has 0 N–H and O–H groups in total. The van der Waals surface area contributed by atoms with Crippen LogP contribution in [0.2, 0.25) is 0 Å². The van der Waals surface area contributed by atoms with Gasteiger partial charge in [0, 0.05) is 50.8 Å². The quantitative estimate of drug-likeness (QED) is 0.748. The molecule has 2 amide bonds. The first-order chi connectivity index (χ1) is 13.0. The van der Waals surface area contributed by atoms with Gasteiger partial charge in [-0.2, -0.15) is 0 Å². The number of piperazine rings is 1. The maximum Gasteiger partial charge on any atom is 0.237 e. The average Bonchev–Trinajstić information content (AvgIpc) is 2.63. The predicted molar refractivity (Wildman–Crippen MR) is 108 cm³/mol. The van der Waals surface area contributed by atoms with Gasteiger partial charge < -0.3 is 9.80 Å². The number of nitrogens with zero attached hydrogens (tertiary/aromatic N) is 4. The molecule has 0 spiro atoms. The summed E-state index contributed by atoms with van der Waals surface area (Å²) in [4.78, 5) is 34.1. The second kappa shape index (κ2) is 9.37. The summed E-state index contributed by atoms with van der Waals surface area (Å²) in [6, 6.07) is 1.12. The topological polar surface area (TPSA) is 47.1 Å². The van der Waals surface area contributed by atoms with E-state index in [1.165, 1.54) is 12.8 Å². The lowest BCUT2D eigenvalue weighted by Gasteiger charge is -2.41. The SMILES string of the molecule is CC1CCCCN1C(=O)CN1CCN(CC(=O)N2C(C)CCCC2C)CC1. The third-order valence-electron chi connectivity index (χ3n) is 6.79. The minimum atomic E-state index is 0.279. The molecule has 27 heavy (non-hydrogen) atoms. The highest BCUT2D eigenvalue weighted by atomic mass is 16.2. The largest absolute Gasteiger partial charge is 0.339 e. The van der Waals surface area contributed by atoms with E-state index < -0.39 is 0 Å². The zero-order valence-corrected chi connectivity index (χ0v) is 17.5. The summed E-state index contributed by atoms with van der Waals surface area (Å²) in [5, 5.41) is 0. The van der Waals surface area contributed by atoms with E-state index in [0.29, 0.717) is 31.2 Å². The highest BCUT2D eigenvalue weighted by Crippen LogP contribution is 2.23. The average molecular weight is 379 g/mol. The first kappa shape index (κ1) is 20.6. The van der Waals surface area contributed by atoms with E-state index >= 15 is 0 Å². The van der Waals surface area contributed by atoms with Crippen molar-refractivity contribution in [1.29, 1.82) is 0 Å². The number of carbonyl (C=O) groups excluding carboxylic acids is 2. The number of hydrogen-bond acceptors (Lipinski definition) is 4. The minimum absolute atomic E-state index is 0.279. The van der Waals surface area contributed by atoms with Crippen LogP contribution in [0.5, 0.6) is 0 Å². The normalized spacial score (nSPS) is 31.1. The monoisotopic (exact) mass is 378 g/mol. The first-order valence-corrected chi connectivity index (χ1v) is 11.0. The molecule has 0 aromatic rings. The molecular formula is C21H38N4O2. The van der Waals surface area contributed by atoms with Crippen LogP contribution in [0.4, 0.5) is 0 Å². The van der Waals surface area contributed by atoms with Gasteiger partial charge in [-0.05, 0) is 59.3 Å². The van der Waals surface area contributed by atoms with Crippen molar-refractivity contribution in [3.05, 3.63) is 0 Å². The minimum Gasteiger partial charge on any atom is -0.339 e. The van der Waals surface area contributed by atoms with Gasteiger partial charge in [0.15, 0.2) is 0 Å². The molecule has 0 bridgehead atoms. The van der Waals surface area contributed by atoms with Crippen molar-refractivity contribution < 1.29 is 9.59 Å². The van der Waals surface area contributed by atoms with E-state index in [9.17, 15) is 9.59 Å². The highest BCUT2D eigenvalue weighted by Gasteiger charge is 2.31. The van der Waals surface area contributed by atoms with Crippen molar-refractivity contribution in [3.63, 3.8) is 0 Å². The van der Waals surface area contributed by atoms with Gasteiger partial charge in [-0.25, -0.2) is 0 Å². The Morgan fingerprint density at radius 1 is 0.667 bits per heavy atom. The van der Waals surface area contributed by atoms with E-state index in [1.54, 1.807) is 0 Å². The molecule has 3 unspecified atom stereocenters. The van der Waals surface area contributed by atoms with Crippen LogP contribution in [-0.2, 0) is 9.59 Å². The molecule has 3 fully saturated rings. The van der Waals surface area contributed by atoms with Crippen LogP contribution in [0.25, 0.3) is 0 Å². The van der Waals surface area contributed by atoms with E-state index in [0.717, 1.165) is 58.4 Å². The molecule has 3 aliphatic heterocycles. The molecule has 3 rings (SSSR count). The summed E-state index contributed by atoms with van der Waals surface area (Å²) in [7, 11) is 0. The van der Waals surface area contributed by atoms with Gasteiger partial charge in [0.1, 0.15) is 0 Å². The maximum absolute atomic E-state index is 12.8. The Balaban J connectivity index is 1.42. The molecule has 3 saturated heterocycles. The molecule has 154 valence electrons. The number of rotatable bonds is 4. The number of amides is 2. The van der Waals surface area contributed by atoms with Crippen molar-refractivity contribution in [1.82, 2.24) is 19.6 Å². The molecule has 6 nitrogen and oxygen atoms in total. The zero-order chi connectivity index (χ0) is 19.4. The van der Waals surface area contributed by atoms with Crippen molar-refractivity contribution in [2.75, 3.05) is 45.8 Å². The number of carbonyl (C=O) groups is 2. The Hall–Kier alpha value is -1.14. The van der Waals surface area contributed by atoms with Crippen molar-refractivity contribution in [2.45, 2.75) is 77.4 Å². The first-order valence-electron chi connectivity index (χ1n) is 11.0. The molecule has 3 atom stereocenters. The van der Waals surface area contributed by atoms with Gasteiger partial charge >= 0.3 is 0 Å². The molecule has 0 radical (unpaired) electrons. The van der Waals surface area contributed by atoms with Gasteiger partial charge in [0.25, 0.3) is 0 Å². The van der Waals surface area contributed by atoms with E-state index in [-0.39, 0.29) is 11.8 Å². The Bertz CT molecular complexity index is 508. The molecule has 0 saturated carbocycles. The summed E-state index contributed by atoms with van der Waals surface area (Å²) in [5.41, 5.74) is 0. The Labute approximate surface area is 164 Å². The molecule has 3 heterocycles. The summed E-state index contributed by atoms with van der Waals surface area (Å²) < 4.78 is 0. The van der Waals surface area contributed by atoms with E-state index in [4.69, 9.17) is 0 Å². The van der Waals surface area contributed by atoms with Gasteiger partial charge in [-0.1, -0.05) is 0 Å². The third-order valence-corrected chi connectivity index (χ3v) is 6.79. The van der Waals surface area contributed by atoms with Gasteiger partial charge in [0.05, 0.1) is 13.1 Å². The van der Waals surface area contributed by atoms with Gasteiger partial charge in [-0.3, -0.25) is 19.4 Å². The van der Waals surface area contributed by atoms with Crippen molar-refractivity contribution >= 4 is 11.8 Å². The highest BCUT2D eigenvalue weighted by molar-refractivity contribution is 5.79. The van der Waals surface area contributed by atoms with E-state index in [2.05, 4.69) is 40.4 Å². The maximum atomic E-state index is 12.8. The molecule has 0 aromatic carbocycles. The Morgan fingerprint density at radius 2 is 1.19 bits per heavy atom. The van der Waals surface area contributed by atoms with Crippen LogP contribution < -0.4 is 0 Å². The van der Waals surface area contributed by atoms with Crippen LogP contribution in [-0.4, -0.2) is 95.4 Å². The summed E-state index contributed by atoms with van der Waals surface area (Å²) in [6.07, 6.45) is 7.00. The molecule has 0 aliphatic carbocycles. The van der Waals surface area contributed by atoms with Gasteiger partial charge in [0.2, 0.25) is 11.8 Å². The lowest BCUT2D eigenvalue weighted by atomic mass is 9.97. The number of likely N-dealkylation sites (tertiary alicyclic amines) is 2. The predicted octanol–water partition coefficient (Wildman–Crippen LogP) is 1.79. The fourth-order valence-corrected chi connectivity index (χ4v) is 5.04. The lowest BCUT2D eigenvalue weighted by molar-refractivity contribution is -0.140. The Morgan fingerprint density at radius 3 is 1.74 bits per heavy atom. The van der Waals surface area contributed by atoms with Gasteiger partial charge in [-0.15, -0.1) is 0 Å². The zero-order valence-electron chi connectivity index (χ0n) is 17.5. The van der Waals surface area contributed by atoms with Crippen LogP contribution in [0.1, 0.15) is 59.3 Å². The lowest BCUT2D eigenvalue weighted by Crippen LogP contribution is -2.55. The number of piperidine rings is 2. The van der Waals surface area contributed by atoms with E-state index in [1.807, 2.05) is 0 Å². The Kier molecular flexibility index (Phi) is 7.15. The standard InChI is InChI=1S/C21H38N4O2/c1-17-7-4-5-10-24(17)20(26)15-22-11-13-23(14-12-22)16-21(27)25-18(2)8-6-9-19(25)3/h17-19H,4-16H2,1-3H3. The van der Waals surface area contributed by atoms with Crippen LogP contribution in [0.15, 0.2) is 0 Å². The summed E-state index contributed by atoms with van der Waals surface area (Å²) in [6.45, 7) is 12.0. The number of hydrogen-bond donors (Lipinski definition) is 0. The second-order valence-corrected chi connectivity index (χ2v) is 8.91. The fraction of sp³-hybridized carbons (Fsp3) is 0.905.